The molecule has 8 heteroatoms. The lowest BCUT2D eigenvalue weighted by atomic mass is 10.1. The summed E-state index contributed by atoms with van der Waals surface area (Å²) in [5, 5.41) is 6.70. The van der Waals surface area contributed by atoms with E-state index in [2.05, 4.69) is 49.4 Å². The summed E-state index contributed by atoms with van der Waals surface area (Å²) in [6.07, 6.45) is 3.83. The zero-order valence-corrected chi connectivity index (χ0v) is 20.7. The molecule has 1 aromatic heterocycles. The van der Waals surface area contributed by atoms with E-state index in [9.17, 15) is 0 Å². The Morgan fingerprint density at radius 1 is 0.968 bits per heavy atom. The van der Waals surface area contributed by atoms with Crippen molar-refractivity contribution in [2.24, 2.45) is 4.99 Å². The van der Waals surface area contributed by atoms with Crippen molar-refractivity contribution < 1.29 is 9.47 Å². The normalized spacial score (nSPS) is 10.9. The molecule has 31 heavy (non-hydrogen) atoms. The molecule has 0 amide bonds. The van der Waals surface area contributed by atoms with Gasteiger partial charge >= 0.3 is 0 Å². The van der Waals surface area contributed by atoms with E-state index >= 15 is 0 Å². The van der Waals surface area contributed by atoms with Gasteiger partial charge in [0.1, 0.15) is 5.82 Å². The molecular formula is C23H30IN5O2. The molecule has 0 aliphatic rings. The molecule has 0 bridgehead atoms. The van der Waals surface area contributed by atoms with Crippen LogP contribution in [0.25, 0.3) is 0 Å². The number of ether oxygens (including phenoxy) is 2. The minimum Gasteiger partial charge on any atom is -0.493 e. The van der Waals surface area contributed by atoms with Gasteiger partial charge in [-0.1, -0.05) is 30.3 Å². The van der Waals surface area contributed by atoms with Crippen LogP contribution in [0.15, 0.2) is 59.9 Å². The van der Waals surface area contributed by atoms with E-state index in [1.54, 1.807) is 21.3 Å². The lowest BCUT2D eigenvalue weighted by Crippen LogP contribution is -2.36. The number of aryl methyl sites for hydroxylation is 1. The lowest BCUT2D eigenvalue weighted by molar-refractivity contribution is 0.354. The fourth-order valence-electron chi connectivity index (χ4n) is 3.19. The van der Waals surface area contributed by atoms with Crippen LogP contribution in [-0.2, 0) is 19.6 Å². The van der Waals surface area contributed by atoms with Crippen molar-refractivity contribution in [1.82, 2.24) is 20.2 Å². The number of nitrogens with zero attached hydrogens (tertiary/aromatic N) is 3. The van der Waals surface area contributed by atoms with Gasteiger partial charge in [0.05, 0.1) is 14.2 Å². The largest absolute Gasteiger partial charge is 0.493 e. The molecule has 7 nitrogen and oxygen atoms in total. The Morgan fingerprint density at radius 2 is 1.65 bits per heavy atom. The summed E-state index contributed by atoms with van der Waals surface area (Å²) in [7, 11) is 5.03. The summed E-state index contributed by atoms with van der Waals surface area (Å²) in [5.74, 6) is 3.18. The van der Waals surface area contributed by atoms with Gasteiger partial charge in [-0.05, 0) is 35.7 Å². The van der Waals surface area contributed by atoms with Crippen molar-refractivity contribution in [3.8, 4) is 11.5 Å². The molecule has 0 aliphatic carbocycles. The quantitative estimate of drug-likeness (QED) is 0.261. The van der Waals surface area contributed by atoms with Crippen molar-refractivity contribution >= 4 is 29.9 Å². The van der Waals surface area contributed by atoms with Crippen LogP contribution in [0, 0.1) is 6.92 Å². The Hall–Kier alpha value is -2.75. The van der Waals surface area contributed by atoms with Crippen LogP contribution >= 0.6 is 24.0 Å². The highest BCUT2D eigenvalue weighted by Gasteiger charge is 2.06. The zero-order chi connectivity index (χ0) is 21.3. The SMILES string of the molecule is CN=C(NCc1cccc(Cn2ccnc2C)c1)NCc1ccc(OC)c(OC)c1.I. The van der Waals surface area contributed by atoms with Crippen molar-refractivity contribution in [3.05, 3.63) is 77.4 Å². The van der Waals surface area contributed by atoms with Crippen LogP contribution < -0.4 is 20.1 Å². The third-order valence-corrected chi connectivity index (χ3v) is 4.86. The molecule has 0 saturated heterocycles. The summed E-state index contributed by atoms with van der Waals surface area (Å²) in [5.41, 5.74) is 3.51. The number of aliphatic imine (C=N–C) groups is 1. The standard InChI is InChI=1S/C23H29N5O2.HI/c1-17-25-10-11-28(17)16-20-7-5-6-18(12-20)14-26-23(24-2)27-15-19-8-9-21(29-3)22(13-19)30-4;/h5-13H,14-16H2,1-4H3,(H2,24,26,27);1H. The Morgan fingerprint density at radius 3 is 2.26 bits per heavy atom. The maximum absolute atomic E-state index is 5.37. The summed E-state index contributed by atoms with van der Waals surface area (Å²) < 4.78 is 12.8. The van der Waals surface area contributed by atoms with Crippen LogP contribution in [-0.4, -0.2) is 36.8 Å². The molecule has 0 aliphatic heterocycles. The first-order valence-electron chi connectivity index (χ1n) is 9.84. The maximum Gasteiger partial charge on any atom is 0.191 e. The molecule has 3 aromatic rings. The van der Waals surface area contributed by atoms with E-state index in [1.165, 1.54) is 11.1 Å². The van der Waals surface area contributed by atoms with Crippen molar-refractivity contribution in [1.29, 1.82) is 0 Å². The molecule has 0 radical (unpaired) electrons. The summed E-state index contributed by atoms with van der Waals surface area (Å²) >= 11 is 0. The molecule has 0 unspecified atom stereocenters. The Kier molecular flexibility index (Phi) is 9.64. The van der Waals surface area contributed by atoms with Crippen molar-refractivity contribution in [2.45, 2.75) is 26.6 Å². The van der Waals surface area contributed by atoms with Crippen molar-refractivity contribution in [3.63, 3.8) is 0 Å². The average Bonchev–Trinajstić information content (AvgIpc) is 3.18. The molecule has 2 aromatic carbocycles. The van der Waals surface area contributed by atoms with E-state index in [0.29, 0.717) is 18.8 Å². The first-order chi connectivity index (χ1) is 14.6. The molecule has 0 saturated carbocycles. The summed E-state index contributed by atoms with van der Waals surface area (Å²) in [6, 6.07) is 14.4. The fourth-order valence-corrected chi connectivity index (χ4v) is 3.19. The second-order valence-electron chi connectivity index (χ2n) is 6.89. The number of hydrogen-bond donors (Lipinski definition) is 2. The number of methoxy groups -OCH3 is 2. The van der Waals surface area contributed by atoms with E-state index < -0.39 is 0 Å². The molecule has 2 N–H and O–H groups in total. The maximum atomic E-state index is 5.37. The first kappa shape index (κ1) is 24.5. The number of rotatable bonds is 8. The number of halogens is 1. The van der Waals surface area contributed by atoms with Gasteiger partial charge in [-0.15, -0.1) is 24.0 Å². The highest BCUT2D eigenvalue weighted by molar-refractivity contribution is 14.0. The minimum atomic E-state index is 0. The second-order valence-corrected chi connectivity index (χ2v) is 6.89. The van der Waals surface area contributed by atoms with Gasteiger partial charge in [0.15, 0.2) is 17.5 Å². The number of imidazole rings is 1. The third kappa shape index (κ3) is 6.88. The third-order valence-electron chi connectivity index (χ3n) is 4.86. The van der Waals surface area contributed by atoms with E-state index in [1.807, 2.05) is 37.5 Å². The Balaban J connectivity index is 0.00000341. The molecule has 0 atom stereocenters. The lowest BCUT2D eigenvalue weighted by Gasteiger charge is -2.14. The predicted molar refractivity (Wildman–Crippen MR) is 135 cm³/mol. The van der Waals surface area contributed by atoms with Gasteiger partial charge < -0.3 is 24.7 Å². The number of hydrogen-bond acceptors (Lipinski definition) is 4. The van der Waals surface area contributed by atoms with Crippen LogP contribution in [0.3, 0.4) is 0 Å². The summed E-state index contributed by atoms with van der Waals surface area (Å²) in [4.78, 5) is 8.60. The molecule has 0 fully saturated rings. The van der Waals surface area contributed by atoms with Crippen molar-refractivity contribution in [2.75, 3.05) is 21.3 Å². The fraction of sp³-hybridized carbons (Fsp3) is 0.304. The predicted octanol–water partition coefficient (Wildman–Crippen LogP) is 3.74. The van der Waals surface area contributed by atoms with Gasteiger partial charge in [-0.2, -0.15) is 0 Å². The van der Waals surface area contributed by atoms with E-state index in [4.69, 9.17) is 9.47 Å². The number of aromatic nitrogens is 2. The number of guanidine groups is 1. The molecule has 0 spiro atoms. The van der Waals surface area contributed by atoms with Crippen LogP contribution in [0.2, 0.25) is 0 Å². The van der Waals surface area contributed by atoms with Gasteiger partial charge in [-0.25, -0.2) is 4.98 Å². The van der Waals surface area contributed by atoms with Gasteiger partial charge in [0, 0.05) is 39.1 Å². The smallest absolute Gasteiger partial charge is 0.191 e. The number of nitrogens with one attached hydrogen (secondary N) is 2. The molecule has 3 rings (SSSR count). The van der Waals surface area contributed by atoms with E-state index in [-0.39, 0.29) is 24.0 Å². The summed E-state index contributed by atoms with van der Waals surface area (Å²) in [6.45, 7) is 4.13. The Labute approximate surface area is 200 Å². The average molecular weight is 535 g/mol. The monoisotopic (exact) mass is 535 g/mol. The molecule has 166 valence electrons. The van der Waals surface area contributed by atoms with Crippen LogP contribution in [0.5, 0.6) is 11.5 Å². The second kappa shape index (κ2) is 12.2. The highest BCUT2D eigenvalue weighted by atomic mass is 127. The van der Waals surface area contributed by atoms with Crippen LogP contribution in [0.1, 0.15) is 22.5 Å². The first-order valence-corrected chi connectivity index (χ1v) is 9.84. The number of benzene rings is 2. The van der Waals surface area contributed by atoms with E-state index in [0.717, 1.165) is 29.6 Å². The minimum absolute atomic E-state index is 0. The molecule has 1 heterocycles. The Bertz CT molecular complexity index is 1000. The van der Waals surface area contributed by atoms with Gasteiger partial charge in [0.25, 0.3) is 0 Å². The topological polar surface area (TPSA) is 72.7 Å². The highest BCUT2D eigenvalue weighted by Crippen LogP contribution is 2.27. The van der Waals surface area contributed by atoms with Crippen LogP contribution in [0.4, 0.5) is 0 Å². The zero-order valence-electron chi connectivity index (χ0n) is 18.4. The van der Waals surface area contributed by atoms with Gasteiger partial charge in [-0.3, -0.25) is 4.99 Å². The molecular weight excluding hydrogens is 505 g/mol. The van der Waals surface area contributed by atoms with Gasteiger partial charge in [0.2, 0.25) is 0 Å².